The van der Waals surface area contributed by atoms with Gasteiger partial charge in [-0.25, -0.2) is 13.6 Å². The molecule has 0 saturated carbocycles. The van der Waals surface area contributed by atoms with Gasteiger partial charge < -0.3 is 10.1 Å². The summed E-state index contributed by atoms with van der Waals surface area (Å²) in [5.74, 6) is -1.11. The first kappa shape index (κ1) is 22.0. The molecule has 3 aromatic rings. The van der Waals surface area contributed by atoms with Gasteiger partial charge in [0.25, 0.3) is 5.56 Å². The maximum Gasteiger partial charge on any atom is 0.332 e. The number of rotatable bonds is 6. The Kier molecular flexibility index (Phi) is 6.10. The van der Waals surface area contributed by atoms with Gasteiger partial charge in [-0.15, -0.1) is 0 Å². The van der Waals surface area contributed by atoms with E-state index < -0.39 is 22.9 Å². The molecule has 0 bridgehead atoms. The number of nitrogens with zero attached hydrogens (tertiary/aromatic N) is 2. The number of hydrogen-bond acceptors (Lipinski definition) is 4. The lowest BCUT2D eigenvalue weighted by Crippen LogP contribution is -2.38. The molecule has 1 aromatic heterocycles. The molecule has 0 radical (unpaired) electrons. The average Bonchev–Trinajstić information content (AvgIpc) is 2.73. The van der Waals surface area contributed by atoms with Crippen LogP contribution >= 0.6 is 0 Å². The van der Waals surface area contributed by atoms with Crippen molar-refractivity contribution in [2.75, 3.05) is 12.4 Å². The molecule has 3 rings (SSSR count). The summed E-state index contributed by atoms with van der Waals surface area (Å²) in [4.78, 5) is 25.1. The number of methoxy groups -OCH3 is 1. The minimum Gasteiger partial charge on any atom is -0.496 e. The van der Waals surface area contributed by atoms with E-state index in [9.17, 15) is 18.4 Å². The summed E-state index contributed by atoms with van der Waals surface area (Å²) in [6.07, 6.45) is 1.20. The molecule has 162 valence electrons. The number of anilines is 2. The summed E-state index contributed by atoms with van der Waals surface area (Å²) in [5, 5.41) is 3.12. The number of hydrogen-bond donors (Lipinski definition) is 1. The first-order valence-electron chi connectivity index (χ1n) is 9.49. The molecule has 0 aliphatic carbocycles. The van der Waals surface area contributed by atoms with Gasteiger partial charge in [0.05, 0.1) is 13.7 Å². The Balaban J connectivity index is 2.13. The number of nitrogens with one attached hydrogen (secondary N) is 1. The number of benzene rings is 2. The average molecular weight is 427 g/mol. The molecule has 1 N–H and O–H groups in total. The molecule has 0 fully saturated rings. The third-order valence-electron chi connectivity index (χ3n) is 5.08. The highest BCUT2D eigenvalue weighted by atomic mass is 19.2. The second-order valence-electron chi connectivity index (χ2n) is 7.24. The highest BCUT2D eigenvalue weighted by Gasteiger charge is 2.15. The van der Waals surface area contributed by atoms with Crippen molar-refractivity contribution < 1.29 is 13.5 Å². The van der Waals surface area contributed by atoms with Gasteiger partial charge >= 0.3 is 5.69 Å². The van der Waals surface area contributed by atoms with Crippen molar-refractivity contribution in [2.45, 2.75) is 20.4 Å². The molecule has 2 aromatic carbocycles. The Morgan fingerprint density at radius 1 is 1.10 bits per heavy atom. The molecule has 0 unspecified atom stereocenters. The number of aryl methyl sites for hydroxylation is 2. The predicted octanol–water partition coefficient (Wildman–Crippen LogP) is 3.89. The fraction of sp³-hybridized carbons (Fsp3) is 0.217. The van der Waals surface area contributed by atoms with Gasteiger partial charge in [0, 0.05) is 24.4 Å². The smallest absolute Gasteiger partial charge is 0.332 e. The highest BCUT2D eigenvalue weighted by molar-refractivity contribution is 5.64. The van der Waals surface area contributed by atoms with E-state index in [0.717, 1.165) is 21.8 Å². The third-order valence-corrected chi connectivity index (χ3v) is 5.08. The van der Waals surface area contributed by atoms with E-state index in [1.165, 1.54) is 29.8 Å². The van der Waals surface area contributed by atoms with Crippen LogP contribution in [-0.2, 0) is 13.6 Å². The van der Waals surface area contributed by atoms with Crippen molar-refractivity contribution in [3.8, 4) is 5.75 Å². The van der Waals surface area contributed by atoms with Crippen LogP contribution in [-0.4, -0.2) is 16.2 Å². The summed E-state index contributed by atoms with van der Waals surface area (Å²) >= 11 is 0. The molecule has 8 heteroatoms. The van der Waals surface area contributed by atoms with Crippen LogP contribution in [0.25, 0.3) is 6.08 Å². The van der Waals surface area contributed by atoms with Gasteiger partial charge in [-0.1, -0.05) is 12.7 Å². The second-order valence-corrected chi connectivity index (χ2v) is 7.24. The summed E-state index contributed by atoms with van der Waals surface area (Å²) in [6, 6.07) is 7.40. The van der Waals surface area contributed by atoms with E-state index in [4.69, 9.17) is 4.74 Å². The standard InChI is InChI=1S/C23H23F2N3O3/c1-6-16-9-15(10-17(24)22(16)25)12-28-20(11-21(29)27(4)23(28)30)26-18-7-14(3)19(31-5)8-13(18)2/h6-11,26H,1,12H2,2-5H3. The van der Waals surface area contributed by atoms with Gasteiger partial charge in [0.15, 0.2) is 11.6 Å². The van der Waals surface area contributed by atoms with Crippen LogP contribution in [0.4, 0.5) is 20.3 Å². The Hall–Kier alpha value is -3.68. The van der Waals surface area contributed by atoms with Gasteiger partial charge in [-0.3, -0.25) is 13.9 Å². The fourth-order valence-electron chi connectivity index (χ4n) is 3.30. The molecule has 0 amide bonds. The Morgan fingerprint density at radius 3 is 2.45 bits per heavy atom. The van der Waals surface area contributed by atoms with Gasteiger partial charge in [0.2, 0.25) is 0 Å². The fourth-order valence-corrected chi connectivity index (χ4v) is 3.30. The maximum absolute atomic E-state index is 14.0. The predicted molar refractivity (Wildman–Crippen MR) is 117 cm³/mol. The van der Waals surface area contributed by atoms with Crippen LogP contribution in [0.1, 0.15) is 22.3 Å². The zero-order valence-corrected chi connectivity index (χ0v) is 17.8. The van der Waals surface area contributed by atoms with Gasteiger partial charge in [0.1, 0.15) is 11.6 Å². The molecule has 0 aliphatic heterocycles. The van der Waals surface area contributed by atoms with Gasteiger partial charge in [-0.05, 0) is 54.8 Å². The number of halogens is 2. The van der Waals surface area contributed by atoms with Crippen LogP contribution in [0, 0.1) is 25.5 Å². The van der Waals surface area contributed by atoms with Crippen LogP contribution in [0.2, 0.25) is 0 Å². The van der Waals surface area contributed by atoms with Crippen molar-refractivity contribution in [3.05, 3.63) is 91.6 Å². The highest BCUT2D eigenvalue weighted by Crippen LogP contribution is 2.28. The SMILES string of the molecule is C=Cc1cc(Cn2c(Nc3cc(C)c(OC)cc3C)cc(=O)n(C)c2=O)cc(F)c1F. The number of ether oxygens (including phenoxy) is 1. The molecular formula is C23H23F2N3O3. The van der Waals surface area contributed by atoms with Crippen molar-refractivity contribution in [2.24, 2.45) is 7.05 Å². The first-order valence-corrected chi connectivity index (χ1v) is 9.49. The van der Waals surface area contributed by atoms with Crippen LogP contribution in [0.15, 0.2) is 46.5 Å². The Morgan fingerprint density at radius 2 is 1.81 bits per heavy atom. The number of aromatic nitrogens is 2. The van der Waals surface area contributed by atoms with E-state index in [0.29, 0.717) is 17.0 Å². The van der Waals surface area contributed by atoms with E-state index in [-0.39, 0.29) is 17.9 Å². The summed E-state index contributed by atoms with van der Waals surface area (Å²) in [5.41, 5.74) is 1.63. The van der Waals surface area contributed by atoms with E-state index >= 15 is 0 Å². The van der Waals surface area contributed by atoms with E-state index in [2.05, 4.69) is 11.9 Å². The third kappa shape index (κ3) is 4.28. The topological polar surface area (TPSA) is 65.3 Å². The largest absolute Gasteiger partial charge is 0.496 e. The van der Waals surface area contributed by atoms with Crippen molar-refractivity contribution >= 4 is 17.6 Å². The molecule has 31 heavy (non-hydrogen) atoms. The maximum atomic E-state index is 14.0. The minimum absolute atomic E-state index is 0.0102. The lowest BCUT2D eigenvalue weighted by molar-refractivity contribution is 0.411. The van der Waals surface area contributed by atoms with E-state index in [1.54, 1.807) is 7.11 Å². The summed E-state index contributed by atoms with van der Waals surface area (Å²) in [7, 11) is 2.93. The molecule has 1 heterocycles. The molecule has 6 nitrogen and oxygen atoms in total. The van der Waals surface area contributed by atoms with Crippen LogP contribution in [0.5, 0.6) is 5.75 Å². The normalized spacial score (nSPS) is 10.8. The summed E-state index contributed by atoms with van der Waals surface area (Å²) in [6.45, 7) is 7.14. The zero-order chi connectivity index (χ0) is 22.9. The molecule has 0 spiro atoms. The van der Waals surface area contributed by atoms with Crippen molar-refractivity contribution in [1.82, 2.24) is 9.13 Å². The molecule has 0 atom stereocenters. The molecule has 0 aliphatic rings. The van der Waals surface area contributed by atoms with Crippen LogP contribution < -0.4 is 21.3 Å². The van der Waals surface area contributed by atoms with Crippen molar-refractivity contribution in [1.29, 1.82) is 0 Å². The van der Waals surface area contributed by atoms with Crippen LogP contribution in [0.3, 0.4) is 0 Å². The lowest BCUT2D eigenvalue weighted by atomic mass is 10.1. The monoisotopic (exact) mass is 427 g/mol. The minimum atomic E-state index is -1.04. The van der Waals surface area contributed by atoms with Gasteiger partial charge in [-0.2, -0.15) is 0 Å². The zero-order valence-electron chi connectivity index (χ0n) is 17.8. The Labute approximate surface area is 178 Å². The van der Waals surface area contributed by atoms with E-state index in [1.807, 2.05) is 26.0 Å². The Bertz CT molecular complexity index is 1290. The lowest BCUT2D eigenvalue weighted by Gasteiger charge is -2.18. The molecular weight excluding hydrogens is 404 g/mol. The summed E-state index contributed by atoms with van der Waals surface area (Å²) < 4.78 is 35.4. The van der Waals surface area contributed by atoms with Crippen molar-refractivity contribution in [3.63, 3.8) is 0 Å². The first-order chi connectivity index (χ1) is 14.7. The second kappa shape index (κ2) is 8.59. The quantitative estimate of drug-likeness (QED) is 0.648. The molecule has 0 saturated heterocycles.